The largest absolute Gasteiger partial charge is 0.334 e. The van der Waals surface area contributed by atoms with Crippen LogP contribution in [0.1, 0.15) is 31.7 Å². The van der Waals surface area contributed by atoms with E-state index in [0.717, 1.165) is 16.6 Å². The minimum absolute atomic E-state index is 0.534. The lowest BCUT2D eigenvalue weighted by molar-refractivity contribution is 0.432. The molecule has 0 atom stereocenters. The first-order valence-electron chi connectivity index (χ1n) is 8.74. The van der Waals surface area contributed by atoms with Crippen molar-refractivity contribution in [3.63, 3.8) is 0 Å². The molecule has 25 heavy (non-hydrogen) atoms. The summed E-state index contributed by atoms with van der Waals surface area (Å²) in [4.78, 5) is 9.12. The minimum Gasteiger partial charge on any atom is -0.334 e. The normalized spacial score (nSPS) is 15.2. The molecule has 5 nitrogen and oxygen atoms in total. The number of imidazole rings is 1. The fourth-order valence-corrected chi connectivity index (χ4v) is 3.68. The topological polar surface area (TPSA) is 56.7 Å². The summed E-state index contributed by atoms with van der Waals surface area (Å²) in [5, 5.41) is 4.13. The van der Waals surface area contributed by atoms with Crippen LogP contribution in [-0.2, 0) is 0 Å². The van der Waals surface area contributed by atoms with Gasteiger partial charge in [-0.1, -0.05) is 36.2 Å². The Morgan fingerprint density at radius 2 is 1.80 bits per heavy atom. The Hall–Kier alpha value is -2.95. The van der Waals surface area contributed by atoms with Crippen LogP contribution >= 0.6 is 0 Å². The lowest BCUT2D eigenvalue weighted by atomic mass is 10.1. The predicted octanol–water partition coefficient (Wildman–Crippen LogP) is 4.87. The van der Waals surface area contributed by atoms with Crippen LogP contribution in [0.4, 0.5) is 0 Å². The van der Waals surface area contributed by atoms with Gasteiger partial charge in [-0.3, -0.25) is 0 Å². The van der Waals surface area contributed by atoms with E-state index in [1.54, 1.807) is 0 Å². The van der Waals surface area contributed by atoms with Gasteiger partial charge in [0.1, 0.15) is 0 Å². The summed E-state index contributed by atoms with van der Waals surface area (Å²) in [7, 11) is 0. The van der Waals surface area contributed by atoms with Crippen LogP contribution in [0.2, 0.25) is 0 Å². The molecule has 0 spiro atoms. The Morgan fingerprint density at radius 1 is 0.960 bits per heavy atom. The Balaban J connectivity index is 1.50. The number of fused-ring (bicyclic) bond motifs is 1. The number of nitrogens with zero attached hydrogens (tertiary/aromatic N) is 4. The van der Waals surface area contributed by atoms with Gasteiger partial charge in [0.25, 0.3) is 5.89 Å². The summed E-state index contributed by atoms with van der Waals surface area (Å²) in [6, 6.07) is 16.6. The molecule has 0 N–H and O–H groups in total. The Labute approximate surface area is 145 Å². The van der Waals surface area contributed by atoms with Gasteiger partial charge in [-0.2, -0.15) is 4.98 Å². The van der Waals surface area contributed by atoms with Crippen LogP contribution in [-0.4, -0.2) is 19.7 Å². The third kappa shape index (κ3) is 2.52. The molecule has 2 aromatic heterocycles. The number of rotatable bonds is 3. The van der Waals surface area contributed by atoms with Crippen molar-refractivity contribution < 1.29 is 4.52 Å². The zero-order valence-electron chi connectivity index (χ0n) is 13.8. The van der Waals surface area contributed by atoms with Crippen molar-refractivity contribution in [1.29, 1.82) is 0 Å². The van der Waals surface area contributed by atoms with Crippen molar-refractivity contribution >= 4 is 11.0 Å². The van der Waals surface area contributed by atoms with Crippen LogP contribution in [0, 0.1) is 0 Å². The maximum absolute atomic E-state index is 5.42. The van der Waals surface area contributed by atoms with E-state index in [1.807, 2.05) is 42.7 Å². The molecule has 1 saturated carbocycles. The summed E-state index contributed by atoms with van der Waals surface area (Å²) >= 11 is 0. The average Bonchev–Trinajstić information content (AvgIpc) is 3.41. The second-order valence-corrected chi connectivity index (χ2v) is 6.58. The van der Waals surface area contributed by atoms with E-state index in [0.29, 0.717) is 17.8 Å². The molecular weight excluding hydrogens is 312 g/mol. The molecule has 1 fully saturated rings. The van der Waals surface area contributed by atoms with Gasteiger partial charge in [0.2, 0.25) is 5.82 Å². The summed E-state index contributed by atoms with van der Waals surface area (Å²) in [6.45, 7) is 0. The maximum atomic E-state index is 5.42. The van der Waals surface area contributed by atoms with Gasteiger partial charge in [-0.15, -0.1) is 0 Å². The summed E-state index contributed by atoms with van der Waals surface area (Å²) < 4.78 is 7.73. The number of hydrogen-bond acceptors (Lipinski definition) is 4. The second kappa shape index (κ2) is 5.84. The van der Waals surface area contributed by atoms with Crippen molar-refractivity contribution in [2.75, 3.05) is 0 Å². The average molecular weight is 330 g/mol. The molecule has 1 aliphatic carbocycles. The van der Waals surface area contributed by atoms with E-state index >= 15 is 0 Å². The molecule has 1 aliphatic rings. The first-order valence-corrected chi connectivity index (χ1v) is 8.74. The van der Waals surface area contributed by atoms with Crippen molar-refractivity contribution in [1.82, 2.24) is 19.7 Å². The van der Waals surface area contributed by atoms with Crippen molar-refractivity contribution in [3.05, 3.63) is 54.9 Å². The molecule has 4 aromatic rings. The molecule has 0 aliphatic heterocycles. The molecule has 0 radical (unpaired) electrons. The van der Waals surface area contributed by atoms with Crippen molar-refractivity contribution in [2.24, 2.45) is 0 Å². The molecule has 5 rings (SSSR count). The van der Waals surface area contributed by atoms with Gasteiger partial charge in [0.05, 0.1) is 17.4 Å². The Kier molecular flexibility index (Phi) is 3.37. The van der Waals surface area contributed by atoms with E-state index in [1.165, 1.54) is 31.2 Å². The van der Waals surface area contributed by atoms with E-state index in [-0.39, 0.29) is 0 Å². The molecule has 0 saturated heterocycles. The van der Waals surface area contributed by atoms with Crippen LogP contribution in [0.5, 0.6) is 0 Å². The number of benzene rings is 2. The zero-order chi connectivity index (χ0) is 16.6. The first-order chi connectivity index (χ1) is 12.4. The van der Waals surface area contributed by atoms with Gasteiger partial charge >= 0.3 is 0 Å². The molecular formula is C20H18N4O. The van der Waals surface area contributed by atoms with Gasteiger partial charge < -0.3 is 9.09 Å². The van der Waals surface area contributed by atoms with Crippen LogP contribution in [0.15, 0.2) is 59.4 Å². The molecule has 0 bridgehead atoms. The van der Waals surface area contributed by atoms with Crippen molar-refractivity contribution in [2.45, 2.75) is 31.7 Å². The highest BCUT2D eigenvalue weighted by Gasteiger charge is 2.19. The molecule has 0 amide bonds. The predicted molar refractivity (Wildman–Crippen MR) is 96.0 cm³/mol. The quantitative estimate of drug-likeness (QED) is 0.538. The summed E-state index contributed by atoms with van der Waals surface area (Å²) in [5.41, 5.74) is 4.01. The summed E-state index contributed by atoms with van der Waals surface area (Å²) in [6.07, 6.45) is 7.09. The Bertz CT molecular complexity index is 1010. The van der Waals surface area contributed by atoms with E-state index in [9.17, 15) is 0 Å². The van der Waals surface area contributed by atoms with E-state index < -0.39 is 0 Å². The fourth-order valence-electron chi connectivity index (χ4n) is 3.68. The molecule has 5 heteroatoms. The van der Waals surface area contributed by atoms with Gasteiger partial charge in [0.15, 0.2) is 0 Å². The van der Waals surface area contributed by atoms with Gasteiger partial charge in [0, 0.05) is 17.2 Å². The monoisotopic (exact) mass is 330 g/mol. The third-order valence-electron chi connectivity index (χ3n) is 5.00. The SMILES string of the molecule is c1ccc(-c2nc(-c3ccc4c(c3)ncn4C3CCCC3)no2)cc1. The van der Waals surface area contributed by atoms with E-state index in [2.05, 4.69) is 31.8 Å². The van der Waals surface area contributed by atoms with Crippen LogP contribution < -0.4 is 0 Å². The summed E-state index contributed by atoms with van der Waals surface area (Å²) in [5.74, 6) is 1.13. The highest BCUT2D eigenvalue weighted by molar-refractivity contribution is 5.81. The lowest BCUT2D eigenvalue weighted by Gasteiger charge is -2.11. The number of aromatic nitrogens is 4. The smallest absolute Gasteiger partial charge is 0.258 e. The standard InChI is InChI=1S/C20H18N4O/c1-2-6-14(7-3-1)20-22-19(23-25-20)15-10-11-18-17(12-15)21-13-24(18)16-8-4-5-9-16/h1-3,6-7,10-13,16H,4-5,8-9H2. The van der Waals surface area contributed by atoms with Gasteiger partial charge in [-0.25, -0.2) is 4.98 Å². The highest BCUT2D eigenvalue weighted by atomic mass is 16.5. The van der Waals surface area contributed by atoms with Crippen molar-refractivity contribution in [3.8, 4) is 22.8 Å². The number of hydrogen-bond donors (Lipinski definition) is 0. The lowest BCUT2D eigenvalue weighted by Crippen LogP contribution is -2.02. The fraction of sp³-hybridized carbons (Fsp3) is 0.250. The molecule has 2 heterocycles. The molecule has 2 aromatic carbocycles. The van der Waals surface area contributed by atoms with Crippen LogP contribution in [0.3, 0.4) is 0 Å². The second-order valence-electron chi connectivity index (χ2n) is 6.58. The Morgan fingerprint density at radius 3 is 2.64 bits per heavy atom. The molecule has 124 valence electrons. The van der Waals surface area contributed by atoms with Crippen LogP contribution in [0.25, 0.3) is 33.9 Å². The molecule has 0 unspecified atom stereocenters. The van der Waals surface area contributed by atoms with E-state index in [4.69, 9.17) is 4.52 Å². The minimum atomic E-state index is 0.534. The highest BCUT2D eigenvalue weighted by Crippen LogP contribution is 2.33. The first kappa shape index (κ1) is 14.4. The third-order valence-corrected chi connectivity index (χ3v) is 5.00. The zero-order valence-corrected chi connectivity index (χ0v) is 13.8. The maximum Gasteiger partial charge on any atom is 0.258 e. The van der Waals surface area contributed by atoms with Gasteiger partial charge in [-0.05, 0) is 43.2 Å².